The van der Waals surface area contributed by atoms with E-state index in [4.69, 9.17) is 18.9 Å². The van der Waals surface area contributed by atoms with Gasteiger partial charge in [0.2, 0.25) is 5.78 Å². The number of hydrogen-bond acceptors (Lipinski definition) is 6. The standard InChI is InChI=1S/C20H19NO6/c1-21(2)20(23)27-15-8-5-12(9-17(15)25-4)10-18-19(22)14-7-6-13(24-3)11-16(14)26-18/h5-11H,1-4H3/b18-10-. The minimum absolute atomic E-state index is 0.193. The molecular formula is C20H19NO6. The summed E-state index contributed by atoms with van der Waals surface area (Å²) >= 11 is 0. The van der Waals surface area contributed by atoms with Gasteiger partial charge in [-0.25, -0.2) is 4.79 Å². The first-order valence-electron chi connectivity index (χ1n) is 8.12. The van der Waals surface area contributed by atoms with E-state index in [1.54, 1.807) is 63.7 Å². The Labute approximate surface area is 156 Å². The van der Waals surface area contributed by atoms with Gasteiger partial charge in [-0.2, -0.15) is 0 Å². The van der Waals surface area contributed by atoms with Crippen molar-refractivity contribution >= 4 is 18.0 Å². The van der Waals surface area contributed by atoms with Crippen LogP contribution in [0.5, 0.6) is 23.0 Å². The Balaban J connectivity index is 1.87. The van der Waals surface area contributed by atoms with Gasteiger partial charge in [0.25, 0.3) is 0 Å². The number of Topliss-reactive ketones (excluding diaryl/α,β-unsaturated/α-hetero) is 1. The van der Waals surface area contributed by atoms with E-state index in [-0.39, 0.29) is 17.3 Å². The second-order valence-corrected chi connectivity index (χ2v) is 5.97. The molecular weight excluding hydrogens is 350 g/mol. The Morgan fingerprint density at radius 1 is 1.04 bits per heavy atom. The zero-order chi connectivity index (χ0) is 19.6. The molecule has 0 bridgehead atoms. The highest BCUT2D eigenvalue weighted by molar-refractivity contribution is 6.14. The largest absolute Gasteiger partial charge is 0.497 e. The fourth-order valence-electron chi connectivity index (χ4n) is 2.49. The number of fused-ring (bicyclic) bond motifs is 1. The number of nitrogens with zero attached hydrogens (tertiary/aromatic N) is 1. The average Bonchev–Trinajstić information content (AvgIpc) is 2.97. The van der Waals surface area contributed by atoms with Crippen molar-refractivity contribution in [2.75, 3.05) is 28.3 Å². The van der Waals surface area contributed by atoms with Crippen molar-refractivity contribution in [2.24, 2.45) is 0 Å². The molecule has 0 aromatic heterocycles. The molecule has 1 amide bonds. The van der Waals surface area contributed by atoms with Crippen molar-refractivity contribution in [1.82, 2.24) is 4.90 Å². The minimum atomic E-state index is -0.516. The molecule has 1 aliphatic heterocycles. The lowest BCUT2D eigenvalue weighted by Crippen LogP contribution is -2.25. The molecule has 140 valence electrons. The molecule has 0 saturated heterocycles. The highest BCUT2D eigenvalue weighted by atomic mass is 16.6. The van der Waals surface area contributed by atoms with E-state index >= 15 is 0 Å². The molecule has 1 aliphatic rings. The summed E-state index contributed by atoms with van der Waals surface area (Å²) in [4.78, 5) is 25.5. The Morgan fingerprint density at radius 2 is 1.81 bits per heavy atom. The number of rotatable bonds is 4. The van der Waals surface area contributed by atoms with Crippen LogP contribution in [0.4, 0.5) is 4.79 Å². The van der Waals surface area contributed by atoms with E-state index in [1.165, 1.54) is 12.0 Å². The monoisotopic (exact) mass is 369 g/mol. The molecule has 0 atom stereocenters. The molecule has 0 radical (unpaired) electrons. The molecule has 0 N–H and O–H groups in total. The molecule has 0 spiro atoms. The lowest BCUT2D eigenvalue weighted by molar-refractivity contribution is 0.101. The van der Waals surface area contributed by atoms with Crippen molar-refractivity contribution in [3.05, 3.63) is 53.3 Å². The van der Waals surface area contributed by atoms with Crippen LogP contribution < -0.4 is 18.9 Å². The van der Waals surface area contributed by atoms with E-state index < -0.39 is 6.09 Å². The van der Waals surface area contributed by atoms with Crippen LogP contribution in [-0.4, -0.2) is 45.1 Å². The molecule has 0 unspecified atom stereocenters. The molecule has 7 nitrogen and oxygen atoms in total. The fourth-order valence-corrected chi connectivity index (χ4v) is 2.49. The van der Waals surface area contributed by atoms with Crippen LogP contribution in [0, 0.1) is 0 Å². The van der Waals surface area contributed by atoms with E-state index in [1.807, 2.05) is 0 Å². The van der Waals surface area contributed by atoms with E-state index in [0.717, 1.165) is 0 Å². The summed E-state index contributed by atoms with van der Waals surface area (Å²) in [6, 6.07) is 10.0. The number of carbonyl (C=O) groups is 2. The maximum absolute atomic E-state index is 12.5. The van der Waals surface area contributed by atoms with Gasteiger partial charge in [0, 0.05) is 20.2 Å². The third kappa shape index (κ3) is 3.72. The van der Waals surface area contributed by atoms with Crippen molar-refractivity contribution < 1.29 is 28.5 Å². The summed E-state index contributed by atoms with van der Waals surface area (Å²) < 4.78 is 21.3. The highest BCUT2D eigenvalue weighted by Crippen LogP contribution is 2.35. The zero-order valence-corrected chi connectivity index (χ0v) is 15.4. The third-order valence-electron chi connectivity index (χ3n) is 3.92. The SMILES string of the molecule is COc1ccc2c(c1)O/C(=C\c1ccc(OC(=O)N(C)C)c(OC)c1)C2=O. The van der Waals surface area contributed by atoms with Gasteiger partial charge in [-0.15, -0.1) is 0 Å². The first-order chi connectivity index (χ1) is 12.9. The van der Waals surface area contributed by atoms with E-state index in [2.05, 4.69) is 0 Å². The Bertz CT molecular complexity index is 932. The molecule has 3 rings (SSSR count). The summed E-state index contributed by atoms with van der Waals surface area (Å²) in [7, 11) is 6.19. The average molecular weight is 369 g/mol. The summed E-state index contributed by atoms with van der Waals surface area (Å²) in [5.74, 6) is 1.69. The Morgan fingerprint density at radius 3 is 2.48 bits per heavy atom. The van der Waals surface area contributed by atoms with Crippen molar-refractivity contribution in [3.63, 3.8) is 0 Å². The Kier molecular flexibility index (Phi) is 5.03. The summed E-state index contributed by atoms with van der Waals surface area (Å²) in [6.07, 6.45) is 1.09. The van der Waals surface area contributed by atoms with Crippen molar-refractivity contribution in [1.29, 1.82) is 0 Å². The van der Waals surface area contributed by atoms with Gasteiger partial charge in [0.1, 0.15) is 11.5 Å². The maximum atomic E-state index is 12.5. The van der Waals surface area contributed by atoms with Gasteiger partial charge in [-0.05, 0) is 35.9 Å². The number of amides is 1. The summed E-state index contributed by atoms with van der Waals surface area (Å²) in [5.41, 5.74) is 1.14. The quantitative estimate of drug-likeness (QED) is 0.769. The molecule has 27 heavy (non-hydrogen) atoms. The third-order valence-corrected chi connectivity index (χ3v) is 3.92. The number of allylic oxidation sites excluding steroid dienone is 1. The van der Waals surface area contributed by atoms with Gasteiger partial charge in [0.05, 0.1) is 19.8 Å². The number of hydrogen-bond donors (Lipinski definition) is 0. The minimum Gasteiger partial charge on any atom is -0.497 e. The molecule has 7 heteroatoms. The molecule has 1 heterocycles. The smallest absolute Gasteiger partial charge is 0.414 e. The first-order valence-corrected chi connectivity index (χ1v) is 8.12. The van der Waals surface area contributed by atoms with Crippen LogP contribution in [0.1, 0.15) is 15.9 Å². The van der Waals surface area contributed by atoms with Crippen LogP contribution in [0.15, 0.2) is 42.2 Å². The molecule has 0 fully saturated rings. The molecule has 2 aromatic rings. The van der Waals surface area contributed by atoms with Crippen molar-refractivity contribution in [2.45, 2.75) is 0 Å². The topological polar surface area (TPSA) is 74.3 Å². The van der Waals surface area contributed by atoms with E-state index in [9.17, 15) is 9.59 Å². The van der Waals surface area contributed by atoms with Crippen molar-refractivity contribution in [3.8, 4) is 23.0 Å². The number of carbonyl (C=O) groups excluding carboxylic acids is 2. The highest BCUT2D eigenvalue weighted by Gasteiger charge is 2.27. The van der Waals surface area contributed by atoms with Gasteiger partial charge in [0.15, 0.2) is 17.3 Å². The molecule has 0 aliphatic carbocycles. The van der Waals surface area contributed by atoms with Gasteiger partial charge in [-0.1, -0.05) is 6.07 Å². The lowest BCUT2D eigenvalue weighted by atomic mass is 10.1. The van der Waals surface area contributed by atoms with Crippen LogP contribution in [-0.2, 0) is 0 Å². The predicted molar refractivity (Wildman–Crippen MR) is 98.6 cm³/mol. The van der Waals surface area contributed by atoms with E-state index in [0.29, 0.717) is 28.4 Å². The van der Waals surface area contributed by atoms with Gasteiger partial charge in [-0.3, -0.25) is 4.79 Å². The number of benzene rings is 2. The first kappa shape index (κ1) is 18.3. The van der Waals surface area contributed by atoms with Gasteiger partial charge < -0.3 is 23.8 Å². The maximum Gasteiger partial charge on any atom is 0.414 e. The van der Waals surface area contributed by atoms with Crippen LogP contribution in [0.3, 0.4) is 0 Å². The molecule has 0 saturated carbocycles. The van der Waals surface area contributed by atoms with Gasteiger partial charge >= 0.3 is 6.09 Å². The fraction of sp³-hybridized carbons (Fsp3) is 0.200. The predicted octanol–water partition coefficient (Wildman–Crippen LogP) is 3.38. The zero-order valence-electron chi connectivity index (χ0n) is 15.4. The van der Waals surface area contributed by atoms with Crippen LogP contribution in [0.25, 0.3) is 6.08 Å². The molecule has 2 aromatic carbocycles. The number of ether oxygens (including phenoxy) is 4. The van der Waals surface area contributed by atoms with Crippen LogP contribution >= 0.6 is 0 Å². The number of ketones is 1. The summed E-state index contributed by atoms with van der Waals surface area (Å²) in [6.45, 7) is 0. The van der Waals surface area contributed by atoms with Crippen LogP contribution in [0.2, 0.25) is 0 Å². The lowest BCUT2D eigenvalue weighted by Gasteiger charge is -2.13. The second-order valence-electron chi connectivity index (χ2n) is 5.97. The Hall–Kier alpha value is -3.48. The number of methoxy groups -OCH3 is 2. The summed E-state index contributed by atoms with van der Waals surface area (Å²) in [5, 5.41) is 0. The normalized spacial score (nSPS) is 13.8. The second kappa shape index (κ2) is 7.41.